The molecule has 15 heavy (non-hydrogen) atoms. The van der Waals surface area contributed by atoms with Crippen LogP contribution in [-0.2, 0) is 0 Å². The highest BCUT2D eigenvalue weighted by Gasteiger charge is 1.97. The Hall–Kier alpha value is -0.730. The van der Waals surface area contributed by atoms with Gasteiger partial charge in [0, 0.05) is 10.6 Å². The van der Waals surface area contributed by atoms with Gasteiger partial charge in [0.1, 0.15) is 0 Å². The Morgan fingerprint density at radius 1 is 1.13 bits per heavy atom. The number of benzene rings is 2. The van der Waals surface area contributed by atoms with Gasteiger partial charge in [0.05, 0.1) is 0 Å². The average Bonchev–Trinajstić information content (AvgIpc) is 2.26. The lowest BCUT2D eigenvalue weighted by atomic mass is 10.1. The summed E-state index contributed by atoms with van der Waals surface area (Å²) in [6.45, 7) is 3.83. The van der Waals surface area contributed by atoms with Crippen LogP contribution in [0.1, 0.15) is 0 Å². The molecule has 0 spiro atoms. The summed E-state index contributed by atoms with van der Waals surface area (Å²) in [5.41, 5.74) is 0. The van der Waals surface area contributed by atoms with E-state index in [0.717, 1.165) is 10.2 Å². The van der Waals surface area contributed by atoms with Crippen molar-refractivity contribution in [1.82, 2.24) is 0 Å². The molecule has 76 valence electrons. The Labute approximate surface area is 103 Å². The van der Waals surface area contributed by atoms with Crippen LogP contribution in [-0.4, -0.2) is 5.75 Å². The number of hydrogen-bond donors (Lipinski definition) is 0. The molecule has 0 saturated heterocycles. The summed E-state index contributed by atoms with van der Waals surface area (Å²) in [6, 6.07) is 14.9. The van der Waals surface area contributed by atoms with Gasteiger partial charge in [0.15, 0.2) is 0 Å². The molecular formula is C13H11BrS. The van der Waals surface area contributed by atoms with Crippen LogP contribution in [0.15, 0.2) is 58.4 Å². The molecule has 0 radical (unpaired) electrons. The molecule has 0 aliphatic rings. The van der Waals surface area contributed by atoms with Gasteiger partial charge in [-0.15, -0.1) is 11.8 Å². The van der Waals surface area contributed by atoms with Gasteiger partial charge < -0.3 is 0 Å². The topological polar surface area (TPSA) is 0 Å². The van der Waals surface area contributed by atoms with Gasteiger partial charge in [0.25, 0.3) is 0 Å². The number of halogens is 1. The minimum atomic E-state index is 0.915. The van der Waals surface area contributed by atoms with Gasteiger partial charge in [-0.3, -0.25) is 0 Å². The zero-order valence-electron chi connectivity index (χ0n) is 8.24. The molecule has 0 N–H and O–H groups in total. The average molecular weight is 279 g/mol. The van der Waals surface area contributed by atoms with E-state index in [0.29, 0.717) is 0 Å². The third-order valence-electron chi connectivity index (χ3n) is 2.12. The van der Waals surface area contributed by atoms with Gasteiger partial charge in [-0.05, 0) is 27.4 Å². The minimum absolute atomic E-state index is 0.915. The second-order valence-corrected chi connectivity index (χ2v) is 5.49. The fourth-order valence-corrected chi connectivity index (χ4v) is 2.46. The second-order valence-electron chi connectivity index (χ2n) is 3.31. The van der Waals surface area contributed by atoms with Crippen molar-refractivity contribution < 1.29 is 0 Å². The van der Waals surface area contributed by atoms with E-state index in [1.807, 2.05) is 0 Å². The highest BCUT2D eigenvalue weighted by molar-refractivity contribution is 9.11. The van der Waals surface area contributed by atoms with Crippen molar-refractivity contribution in [2.45, 2.75) is 4.90 Å². The Morgan fingerprint density at radius 3 is 2.60 bits per heavy atom. The largest absolute Gasteiger partial charge is 0.121 e. The standard InChI is InChI=1S/C13H11BrS/c1-10(14)9-15-13-7-6-11-4-2-3-5-12(11)8-13/h2-8H,1,9H2. The monoisotopic (exact) mass is 278 g/mol. The maximum absolute atomic E-state index is 3.83. The summed E-state index contributed by atoms with van der Waals surface area (Å²) in [5.74, 6) is 0.915. The van der Waals surface area contributed by atoms with E-state index in [1.54, 1.807) is 11.8 Å². The van der Waals surface area contributed by atoms with E-state index in [4.69, 9.17) is 0 Å². The summed E-state index contributed by atoms with van der Waals surface area (Å²) in [5, 5.41) is 2.59. The molecule has 0 heterocycles. The first-order chi connectivity index (χ1) is 7.25. The first kappa shape index (κ1) is 10.8. The summed E-state index contributed by atoms with van der Waals surface area (Å²) in [6.07, 6.45) is 0. The Morgan fingerprint density at radius 2 is 1.87 bits per heavy atom. The summed E-state index contributed by atoms with van der Waals surface area (Å²) < 4.78 is 1.03. The highest BCUT2D eigenvalue weighted by atomic mass is 79.9. The van der Waals surface area contributed by atoms with Crippen molar-refractivity contribution >= 4 is 38.5 Å². The lowest BCUT2D eigenvalue weighted by Gasteiger charge is -2.02. The van der Waals surface area contributed by atoms with Crippen LogP contribution in [0.3, 0.4) is 0 Å². The summed E-state index contributed by atoms with van der Waals surface area (Å²) in [4.78, 5) is 1.29. The first-order valence-corrected chi connectivity index (χ1v) is 6.48. The van der Waals surface area contributed by atoms with Gasteiger partial charge in [-0.2, -0.15) is 0 Å². The van der Waals surface area contributed by atoms with Gasteiger partial charge in [-0.1, -0.05) is 52.8 Å². The molecule has 0 unspecified atom stereocenters. The van der Waals surface area contributed by atoms with Crippen LogP contribution in [0.5, 0.6) is 0 Å². The molecule has 0 amide bonds. The predicted octanol–water partition coefficient (Wildman–Crippen LogP) is 4.84. The fourth-order valence-electron chi connectivity index (χ4n) is 1.42. The molecule has 2 aromatic carbocycles. The highest BCUT2D eigenvalue weighted by Crippen LogP contribution is 2.25. The third kappa shape index (κ3) is 2.86. The first-order valence-electron chi connectivity index (χ1n) is 4.70. The molecule has 2 heteroatoms. The van der Waals surface area contributed by atoms with E-state index in [1.165, 1.54) is 15.7 Å². The lowest BCUT2D eigenvalue weighted by molar-refractivity contribution is 1.50. The number of hydrogen-bond acceptors (Lipinski definition) is 1. The van der Waals surface area contributed by atoms with Gasteiger partial charge >= 0.3 is 0 Å². The molecule has 2 rings (SSSR count). The zero-order chi connectivity index (χ0) is 10.7. The Bertz CT molecular complexity index is 491. The number of fused-ring (bicyclic) bond motifs is 1. The zero-order valence-corrected chi connectivity index (χ0v) is 10.6. The molecule has 0 nitrogen and oxygen atoms in total. The maximum Gasteiger partial charge on any atom is 0.0292 e. The number of thioether (sulfide) groups is 1. The molecule has 0 atom stereocenters. The SMILES string of the molecule is C=C(Br)CSc1ccc2ccccc2c1. The normalized spacial score (nSPS) is 10.5. The van der Waals surface area contributed by atoms with Crippen LogP contribution < -0.4 is 0 Å². The van der Waals surface area contributed by atoms with E-state index in [2.05, 4.69) is 65.0 Å². The van der Waals surface area contributed by atoms with Gasteiger partial charge in [0.2, 0.25) is 0 Å². The fraction of sp³-hybridized carbons (Fsp3) is 0.0769. The van der Waals surface area contributed by atoms with Gasteiger partial charge in [-0.25, -0.2) is 0 Å². The molecular weight excluding hydrogens is 268 g/mol. The second kappa shape index (κ2) is 4.86. The van der Waals surface area contributed by atoms with Crippen LogP contribution in [0.25, 0.3) is 10.8 Å². The third-order valence-corrected chi connectivity index (χ3v) is 3.85. The predicted molar refractivity (Wildman–Crippen MR) is 72.7 cm³/mol. The Balaban J connectivity index is 2.26. The minimum Gasteiger partial charge on any atom is -0.121 e. The molecule has 2 aromatic rings. The quantitative estimate of drug-likeness (QED) is 0.724. The van der Waals surface area contributed by atoms with Crippen LogP contribution in [0.4, 0.5) is 0 Å². The molecule has 0 aliphatic heterocycles. The molecule has 0 saturated carbocycles. The van der Waals surface area contributed by atoms with Crippen molar-refractivity contribution in [2.75, 3.05) is 5.75 Å². The van der Waals surface area contributed by atoms with Crippen molar-refractivity contribution in [2.24, 2.45) is 0 Å². The maximum atomic E-state index is 3.83. The smallest absolute Gasteiger partial charge is 0.0292 e. The van der Waals surface area contributed by atoms with Crippen molar-refractivity contribution in [1.29, 1.82) is 0 Å². The van der Waals surface area contributed by atoms with Crippen molar-refractivity contribution in [3.63, 3.8) is 0 Å². The van der Waals surface area contributed by atoms with E-state index >= 15 is 0 Å². The molecule has 0 fully saturated rings. The lowest BCUT2D eigenvalue weighted by Crippen LogP contribution is -1.78. The summed E-state index contributed by atoms with van der Waals surface area (Å²) in [7, 11) is 0. The van der Waals surface area contributed by atoms with Crippen LogP contribution in [0.2, 0.25) is 0 Å². The van der Waals surface area contributed by atoms with Crippen molar-refractivity contribution in [3.8, 4) is 0 Å². The summed E-state index contributed by atoms with van der Waals surface area (Å²) >= 11 is 5.16. The number of rotatable bonds is 3. The van der Waals surface area contributed by atoms with E-state index in [-0.39, 0.29) is 0 Å². The van der Waals surface area contributed by atoms with E-state index < -0.39 is 0 Å². The Kier molecular flexibility index (Phi) is 3.49. The molecule has 0 aromatic heterocycles. The van der Waals surface area contributed by atoms with Crippen molar-refractivity contribution in [3.05, 3.63) is 53.5 Å². The van der Waals surface area contributed by atoms with Crippen LogP contribution >= 0.6 is 27.7 Å². The molecule has 0 bridgehead atoms. The van der Waals surface area contributed by atoms with E-state index in [9.17, 15) is 0 Å². The van der Waals surface area contributed by atoms with Crippen LogP contribution in [0, 0.1) is 0 Å². The molecule has 0 aliphatic carbocycles.